The van der Waals surface area contributed by atoms with E-state index in [0.717, 1.165) is 22.0 Å². The van der Waals surface area contributed by atoms with Crippen LogP contribution in [0.5, 0.6) is 5.88 Å². The van der Waals surface area contributed by atoms with Crippen molar-refractivity contribution in [2.75, 3.05) is 26.0 Å². The van der Waals surface area contributed by atoms with Crippen molar-refractivity contribution in [1.82, 2.24) is 25.3 Å². The van der Waals surface area contributed by atoms with E-state index in [1.165, 1.54) is 13.4 Å². The van der Waals surface area contributed by atoms with E-state index in [-0.39, 0.29) is 18.4 Å². The SMILES string of the molecule is CNC(=O)c1ccnc2c([C@H](C)CNc3cc(-c4cnc(OC)c(CO)c4)ncn3)cccc12. The molecule has 0 fully saturated rings. The van der Waals surface area contributed by atoms with Gasteiger partial charge in [-0.2, -0.15) is 0 Å². The summed E-state index contributed by atoms with van der Waals surface area (Å²) in [4.78, 5) is 29.7. The van der Waals surface area contributed by atoms with E-state index < -0.39 is 0 Å². The molecule has 1 aromatic carbocycles. The molecule has 0 aliphatic heterocycles. The Morgan fingerprint density at radius 3 is 2.76 bits per heavy atom. The number of ether oxygens (including phenoxy) is 1. The van der Waals surface area contributed by atoms with Crippen molar-refractivity contribution in [3.63, 3.8) is 0 Å². The maximum Gasteiger partial charge on any atom is 0.251 e. The lowest BCUT2D eigenvalue weighted by Crippen LogP contribution is -2.18. The van der Waals surface area contributed by atoms with Gasteiger partial charge in [-0.1, -0.05) is 25.1 Å². The first kappa shape index (κ1) is 23.1. The van der Waals surface area contributed by atoms with Gasteiger partial charge >= 0.3 is 0 Å². The molecule has 4 aromatic rings. The second-order valence-electron chi connectivity index (χ2n) is 7.80. The van der Waals surface area contributed by atoms with Crippen LogP contribution in [0.1, 0.15) is 34.3 Å². The first-order chi connectivity index (χ1) is 16.5. The number of pyridine rings is 2. The number of nitrogens with zero attached hydrogens (tertiary/aromatic N) is 4. The van der Waals surface area contributed by atoms with E-state index >= 15 is 0 Å². The summed E-state index contributed by atoms with van der Waals surface area (Å²) in [6, 6.07) is 11.2. The number of fused-ring (bicyclic) bond motifs is 1. The Kier molecular flexibility index (Phi) is 6.93. The van der Waals surface area contributed by atoms with E-state index in [1.54, 1.807) is 31.6 Å². The van der Waals surface area contributed by atoms with Crippen molar-refractivity contribution in [1.29, 1.82) is 0 Å². The molecular weight excluding hydrogens is 432 g/mol. The first-order valence-electron chi connectivity index (χ1n) is 10.9. The highest BCUT2D eigenvalue weighted by atomic mass is 16.5. The van der Waals surface area contributed by atoms with Gasteiger partial charge in [0.15, 0.2) is 0 Å². The number of methoxy groups -OCH3 is 1. The summed E-state index contributed by atoms with van der Waals surface area (Å²) in [7, 11) is 3.13. The quantitative estimate of drug-likeness (QED) is 0.368. The van der Waals surface area contributed by atoms with E-state index in [1.807, 2.05) is 24.3 Å². The number of hydrogen-bond donors (Lipinski definition) is 3. The summed E-state index contributed by atoms with van der Waals surface area (Å²) < 4.78 is 5.17. The van der Waals surface area contributed by atoms with Crippen LogP contribution >= 0.6 is 0 Å². The number of aliphatic hydroxyl groups excluding tert-OH is 1. The fraction of sp³-hybridized carbons (Fsp3) is 0.240. The molecule has 0 spiro atoms. The van der Waals surface area contributed by atoms with Crippen molar-refractivity contribution in [3.8, 4) is 17.1 Å². The Balaban J connectivity index is 1.55. The summed E-state index contributed by atoms with van der Waals surface area (Å²) in [6.45, 7) is 2.52. The summed E-state index contributed by atoms with van der Waals surface area (Å²) in [5.41, 5.74) is 4.46. The molecule has 0 saturated heterocycles. The Bertz CT molecular complexity index is 1330. The van der Waals surface area contributed by atoms with E-state index in [2.05, 4.69) is 37.5 Å². The number of para-hydroxylation sites is 1. The van der Waals surface area contributed by atoms with Gasteiger partial charge in [-0.05, 0) is 17.7 Å². The summed E-state index contributed by atoms with van der Waals surface area (Å²) >= 11 is 0. The lowest BCUT2D eigenvalue weighted by Gasteiger charge is -2.16. The summed E-state index contributed by atoms with van der Waals surface area (Å²) in [5, 5.41) is 16.4. The van der Waals surface area contributed by atoms with Gasteiger partial charge in [0.1, 0.15) is 12.1 Å². The Labute approximate surface area is 197 Å². The average molecular weight is 459 g/mol. The van der Waals surface area contributed by atoms with Crippen LogP contribution in [0.15, 0.2) is 55.1 Å². The van der Waals surface area contributed by atoms with Crippen molar-refractivity contribution in [2.45, 2.75) is 19.4 Å². The van der Waals surface area contributed by atoms with Crippen molar-refractivity contribution < 1.29 is 14.6 Å². The number of aromatic nitrogens is 4. The van der Waals surface area contributed by atoms with Gasteiger partial charge in [-0.3, -0.25) is 9.78 Å². The average Bonchev–Trinajstić information content (AvgIpc) is 2.90. The van der Waals surface area contributed by atoms with Gasteiger partial charge in [0.25, 0.3) is 5.91 Å². The minimum Gasteiger partial charge on any atom is -0.481 e. The number of anilines is 1. The van der Waals surface area contributed by atoms with Crippen LogP contribution in [0.2, 0.25) is 0 Å². The summed E-state index contributed by atoms with van der Waals surface area (Å²) in [6.07, 6.45) is 4.80. The van der Waals surface area contributed by atoms with Crippen molar-refractivity contribution >= 4 is 22.6 Å². The van der Waals surface area contributed by atoms with Crippen LogP contribution < -0.4 is 15.4 Å². The molecule has 0 unspecified atom stereocenters. The minimum absolute atomic E-state index is 0.0956. The molecule has 0 radical (unpaired) electrons. The van der Waals surface area contributed by atoms with Crippen molar-refractivity contribution in [3.05, 3.63) is 71.8 Å². The van der Waals surface area contributed by atoms with Gasteiger partial charge < -0.3 is 20.5 Å². The molecule has 174 valence electrons. The monoisotopic (exact) mass is 458 g/mol. The second kappa shape index (κ2) is 10.2. The normalized spacial score (nSPS) is 11.8. The summed E-state index contributed by atoms with van der Waals surface area (Å²) in [5.74, 6) is 1.01. The zero-order valence-corrected chi connectivity index (χ0v) is 19.2. The standard InChI is InChI=1S/C25H26N6O3/c1-15(18-5-4-6-19-20(24(33)26-2)7-8-27-23(18)19)11-28-22-10-21(30-14-31-22)16-9-17(13-32)25(34-3)29-12-16/h4-10,12,14-15,32H,11,13H2,1-3H3,(H,26,33)(H,28,30,31)/t15-/m1/s1. The molecule has 3 N–H and O–H groups in total. The van der Waals surface area contributed by atoms with E-state index in [4.69, 9.17) is 4.74 Å². The molecule has 0 aliphatic carbocycles. The highest BCUT2D eigenvalue weighted by Crippen LogP contribution is 2.27. The number of aliphatic hydroxyl groups is 1. The Morgan fingerprint density at radius 1 is 1.15 bits per heavy atom. The molecule has 1 amide bonds. The molecular formula is C25H26N6O3. The molecule has 0 aliphatic rings. The van der Waals surface area contributed by atoms with Crippen LogP contribution in [-0.4, -0.2) is 51.7 Å². The van der Waals surface area contributed by atoms with Gasteiger partial charge in [0.05, 0.1) is 30.5 Å². The maximum absolute atomic E-state index is 12.3. The van der Waals surface area contributed by atoms with E-state index in [9.17, 15) is 9.90 Å². The van der Waals surface area contributed by atoms with Crippen LogP contribution in [0.4, 0.5) is 5.82 Å². The number of carbonyl (C=O) groups excluding carboxylic acids is 1. The smallest absolute Gasteiger partial charge is 0.251 e. The number of amides is 1. The number of benzene rings is 1. The van der Waals surface area contributed by atoms with Gasteiger partial charge in [0.2, 0.25) is 5.88 Å². The molecule has 34 heavy (non-hydrogen) atoms. The molecule has 1 atom stereocenters. The largest absolute Gasteiger partial charge is 0.481 e. The molecule has 3 aromatic heterocycles. The predicted octanol–water partition coefficient (Wildman–Crippen LogP) is 3.16. The fourth-order valence-corrected chi connectivity index (χ4v) is 3.84. The highest BCUT2D eigenvalue weighted by Gasteiger charge is 2.15. The van der Waals surface area contributed by atoms with E-state index in [0.29, 0.717) is 35.1 Å². The molecule has 0 bridgehead atoms. The molecule has 9 heteroatoms. The third-order valence-corrected chi connectivity index (χ3v) is 5.65. The van der Waals surface area contributed by atoms with Crippen LogP contribution in [-0.2, 0) is 6.61 Å². The second-order valence-corrected chi connectivity index (χ2v) is 7.80. The zero-order valence-electron chi connectivity index (χ0n) is 19.2. The Morgan fingerprint density at radius 2 is 2.00 bits per heavy atom. The number of rotatable bonds is 8. The number of hydrogen-bond acceptors (Lipinski definition) is 8. The van der Waals surface area contributed by atoms with Crippen LogP contribution in [0, 0.1) is 0 Å². The fourth-order valence-electron chi connectivity index (χ4n) is 3.84. The predicted molar refractivity (Wildman–Crippen MR) is 130 cm³/mol. The molecule has 9 nitrogen and oxygen atoms in total. The third kappa shape index (κ3) is 4.65. The van der Waals surface area contributed by atoms with Crippen molar-refractivity contribution in [2.24, 2.45) is 0 Å². The topological polar surface area (TPSA) is 122 Å². The van der Waals surface area contributed by atoms with Crippen LogP contribution in [0.3, 0.4) is 0 Å². The Hall–Kier alpha value is -4.11. The minimum atomic E-state index is -0.182. The van der Waals surface area contributed by atoms with Gasteiger partial charge in [0, 0.05) is 54.5 Å². The van der Waals surface area contributed by atoms with Crippen LogP contribution in [0.25, 0.3) is 22.2 Å². The number of carbonyl (C=O) groups is 1. The molecule has 4 rings (SSSR count). The third-order valence-electron chi connectivity index (χ3n) is 5.65. The maximum atomic E-state index is 12.3. The lowest BCUT2D eigenvalue weighted by molar-refractivity contribution is 0.0964. The van der Waals surface area contributed by atoms with Gasteiger partial charge in [-0.15, -0.1) is 0 Å². The zero-order chi connectivity index (χ0) is 24.1. The highest BCUT2D eigenvalue weighted by molar-refractivity contribution is 6.06. The molecule has 0 saturated carbocycles. The van der Waals surface area contributed by atoms with Gasteiger partial charge in [-0.25, -0.2) is 15.0 Å². The molecule has 3 heterocycles. The first-order valence-corrected chi connectivity index (χ1v) is 10.9. The lowest BCUT2D eigenvalue weighted by atomic mass is 9.96. The number of nitrogens with one attached hydrogen (secondary N) is 2.